The molecule has 11 rings (SSSR count). The first-order valence-electron chi connectivity index (χ1n) is 30.0. The monoisotopic (exact) mass is 680 g/mol. The maximum atomic E-state index is 10.1. The molecule has 0 aliphatic rings. The molecule has 0 fully saturated rings. The highest BCUT2D eigenvalue weighted by Gasteiger charge is 2.20. The fourth-order valence-corrected chi connectivity index (χ4v) is 6.21. The van der Waals surface area contributed by atoms with Crippen molar-refractivity contribution >= 4 is 65.6 Å². The molecular formula is C48H30N2O. The SMILES string of the molecule is [2H]c1c([2H])c([2H])c(-c2c([2H])c(-n3c4c([2H])c([2H])c([2H])c([2H])c4c4c([2H])c(-c5c([2H])c([2H])c6c7c([2H])c([2H])c([2H])c([2H])c7n(-c7c([2H])c([2H])c([2H])c([2H])c7[2H])c6c5[2H])c([2H])c([2H])c43)c3c(oc4c([2H])c([2H])c([2H])c([2H])c43)c2[2H])c([2H])c1[2H]. The van der Waals surface area contributed by atoms with Crippen molar-refractivity contribution in [3.63, 3.8) is 0 Å². The van der Waals surface area contributed by atoms with Crippen LogP contribution in [0.4, 0.5) is 0 Å². The summed E-state index contributed by atoms with van der Waals surface area (Å²) >= 11 is 0. The summed E-state index contributed by atoms with van der Waals surface area (Å²) in [6.45, 7) is 0. The van der Waals surface area contributed by atoms with E-state index in [9.17, 15) is 13.7 Å². The van der Waals surface area contributed by atoms with Crippen LogP contribution in [-0.2, 0) is 0 Å². The van der Waals surface area contributed by atoms with Gasteiger partial charge in [0.2, 0.25) is 0 Å². The highest BCUT2D eigenvalue weighted by Crippen LogP contribution is 2.42. The molecule has 3 heteroatoms. The largest absolute Gasteiger partial charge is 0.456 e. The summed E-state index contributed by atoms with van der Waals surface area (Å²) < 4.78 is 278. The number of furan rings is 1. The minimum atomic E-state index is -1.12. The number of hydrogen-bond acceptors (Lipinski definition) is 1. The van der Waals surface area contributed by atoms with E-state index in [1.165, 1.54) is 0 Å². The molecule has 0 spiro atoms. The van der Waals surface area contributed by atoms with Crippen molar-refractivity contribution in [2.45, 2.75) is 0 Å². The van der Waals surface area contributed by atoms with Gasteiger partial charge in [0, 0.05) is 32.6 Å². The van der Waals surface area contributed by atoms with Crippen molar-refractivity contribution in [3.8, 4) is 33.6 Å². The van der Waals surface area contributed by atoms with Crippen LogP contribution in [0.3, 0.4) is 0 Å². The van der Waals surface area contributed by atoms with Gasteiger partial charge in [0.15, 0.2) is 0 Å². The van der Waals surface area contributed by atoms with Gasteiger partial charge < -0.3 is 13.6 Å². The number of rotatable bonds is 4. The first-order valence-corrected chi connectivity index (χ1v) is 15.0. The Morgan fingerprint density at radius 2 is 0.941 bits per heavy atom. The van der Waals surface area contributed by atoms with E-state index in [1.54, 1.807) is 0 Å². The first-order chi connectivity index (χ1) is 37.8. The molecule has 11 aromatic rings. The Kier molecular flexibility index (Phi) is 2.47. The van der Waals surface area contributed by atoms with Crippen molar-refractivity contribution in [1.29, 1.82) is 0 Å². The fourth-order valence-electron chi connectivity index (χ4n) is 6.21. The van der Waals surface area contributed by atoms with Gasteiger partial charge in [-0.05, 0) is 82.7 Å². The Morgan fingerprint density at radius 1 is 0.353 bits per heavy atom. The molecular weight excluding hydrogens is 621 g/mol. The van der Waals surface area contributed by atoms with E-state index in [-0.39, 0.29) is 0 Å². The van der Waals surface area contributed by atoms with Gasteiger partial charge in [-0.2, -0.15) is 0 Å². The number of fused-ring (bicyclic) bond motifs is 9. The van der Waals surface area contributed by atoms with E-state index in [2.05, 4.69) is 0 Å². The van der Waals surface area contributed by atoms with E-state index in [0.717, 1.165) is 9.13 Å². The Hall–Kier alpha value is -6.84. The number of hydrogen-bond donors (Lipinski definition) is 0. The lowest BCUT2D eigenvalue weighted by molar-refractivity contribution is 0.669. The van der Waals surface area contributed by atoms with Crippen molar-refractivity contribution < 1.29 is 45.5 Å². The Bertz CT molecular complexity index is 4820. The van der Waals surface area contributed by atoms with Crippen LogP contribution < -0.4 is 0 Å². The lowest BCUT2D eigenvalue weighted by atomic mass is 10.0. The minimum absolute atomic E-state index is 0.537. The topological polar surface area (TPSA) is 23.0 Å². The quantitative estimate of drug-likeness (QED) is 0.181. The zero-order valence-electron chi connectivity index (χ0n) is 55.3. The van der Waals surface area contributed by atoms with E-state index in [4.69, 9.17) is 31.8 Å². The smallest absolute Gasteiger partial charge is 0.138 e. The lowest BCUT2D eigenvalue weighted by Crippen LogP contribution is -1.96. The number of para-hydroxylation sites is 4. The van der Waals surface area contributed by atoms with Crippen LogP contribution in [-0.4, -0.2) is 9.13 Å². The van der Waals surface area contributed by atoms with E-state index in [0.29, 0.717) is 0 Å². The van der Waals surface area contributed by atoms with Crippen LogP contribution in [0.25, 0.3) is 99.2 Å². The van der Waals surface area contributed by atoms with Gasteiger partial charge in [-0.3, -0.25) is 0 Å². The number of benzene rings is 8. The van der Waals surface area contributed by atoms with Crippen molar-refractivity contribution in [2.75, 3.05) is 0 Å². The minimum Gasteiger partial charge on any atom is -0.456 e. The van der Waals surface area contributed by atoms with Gasteiger partial charge in [0.1, 0.15) is 11.2 Å². The third-order valence-electron chi connectivity index (χ3n) is 8.30. The van der Waals surface area contributed by atoms with Gasteiger partial charge in [-0.15, -0.1) is 0 Å². The molecule has 0 unspecified atom stereocenters. The second-order valence-corrected chi connectivity index (χ2v) is 11.0. The summed E-state index contributed by atoms with van der Waals surface area (Å²) in [5.74, 6) is 0. The summed E-state index contributed by atoms with van der Waals surface area (Å²) in [7, 11) is 0. The fraction of sp³-hybridized carbons (Fsp3) is 0. The molecule has 0 amide bonds. The van der Waals surface area contributed by atoms with E-state index >= 15 is 0 Å². The van der Waals surface area contributed by atoms with Gasteiger partial charge in [0.05, 0.1) is 74.3 Å². The second-order valence-electron chi connectivity index (χ2n) is 11.0. The number of aromatic nitrogens is 2. The molecule has 8 aromatic carbocycles. The molecule has 238 valence electrons. The average Bonchev–Trinajstić information content (AvgIpc) is 4.13. The third-order valence-corrected chi connectivity index (χ3v) is 8.30. The molecule has 0 N–H and O–H groups in total. The van der Waals surface area contributed by atoms with Crippen molar-refractivity contribution in [2.24, 2.45) is 0 Å². The van der Waals surface area contributed by atoms with Gasteiger partial charge >= 0.3 is 0 Å². The van der Waals surface area contributed by atoms with Gasteiger partial charge in [-0.25, -0.2) is 0 Å². The van der Waals surface area contributed by atoms with Gasteiger partial charge in [0.25, 0.3) is 0 Å². The Balaban J connectivity index is 1.41. The van der Waals surface area contributed by atoms with Gasteiger partial charge in [-0.1, -0.05) is 121 Å². The van der Waals surface area contributed by atoms with Crippen LogP contribution in [0.1, 0.15) is 41.1 Å². The molecule has 0 radical (unpaired) electrons. The molecule has 51 heavy (non-hydrogen) atoms. The molecule has 0 aliphatic carbocycles. The highest BCUT2D eigenvalue weighted by atomic mass is 16.3. The molecule has 0 bridgehead atoms. The molecule has 3 heterocycles. The molecule has 3 aromatic heterocycles. The molecule has 0 saturated heterocycles. The third kappa shape index (κ3) is 4.19. The second kappa shape index (κ2) is 10.8. The first kappa shape index (κ1) is 11.6. The molecule has 0 atom stereocenters. The van der Waals surface area contributed by atoms with E-state index < -0.39 is 280 Å². The summed E-state index contributed by atoms with van der Waals surface area (Å²) in [6.07, 6.45) is 0. The van der Waals surface area contributed by atoms with Crippen molar-refractivity contribution in [1.82, 2.24) is 9.13 Å². The summed E-state index contributed by atoms with van der Waals surface area (Å²) in [4.78, 5) is 0. The Morgan fingerprint density at radius 3 is 1.75 bits per heavy atom. The Labute approximate surface area is 336 Å². The summed E-state index contributed by atoms with van der Waals surface area (Å²) in [5.41, 5.74) is -9.11. The maximum absolute atomic E-state index is 10.1. The number of nitrogens with zero attached hydrogens (tertiary/aromatic N) is 2. The van der Waals surface area contributed by atoms with Crippen LogP contribution in [0, 0.1) is 0 Å². The molecule has 0 saturated carbocycles. The summed E-state index contributed by atoms with van der Waals surface area (Å²) in [6, 6.07) is -28.2. The van der Waals surface area contributed by atoms with E-state index in [1.807, 2.05) is 0 Å². The predicted octanol–water partition coefficient (Wildman–Crippen LogP) is 13.1. The average molecular weight is 681 g/mol. The normalized spacial score (nSPS) is 20.2. The molecule has 3 nitrogen and oxygen atoms in total. The lowest BCUT2D eigenvalue weighted by Gasteiger charge is -2.13. The zero-order valence-corrected chi connectivity index (χ0v) is 25.3. The zero-order chi connectivity index (χ0) is 59.6. The summed E-state index contributed by atoms with van der Waals surface area (Å²) in [5, 5.41) is -3.63. The highest BCUT2D eigenvalue weighted by molar-refractivity contribution is 6.16. The maximum Gasteiger partial charge on any atom is 0.138 e. The van der Waals surface area contributed by atoms with Crippen LogP contribution in [0.5, 0.6) is 0 Å². The van der Waals surface area contributed by atoms with Crippen molar-refractivity contribution in [3.05, 3.63) is 181 Å². The standard InChI is InChI=1S/C48H30N2O/c1-3-13-31(14-4-1)34-29-45(48-39-19-9-12-22-46(39)51-47(48)30-34)50-42-21-11-8-18-37(42)40-27-32(24-26-43(40)50)33-23-25-38-36-17-7-10-20-41(36)49(44(38)28-33)35-15-5-2-6-16-35/h1-30H/i1D,2D,3D,4D,5D,6D,7D,8D,9D,10D,11D,12D,13D,14D,15D,16D,17D,18D,19D,20D,21D,22D,23D,24D,25D,26D,27D,28D,29D,30D. The predicted molar refractivity (Wildman–Crippen MR) is 213 cm³/mol. The van der Waals surface area contributed by atoms with Crippen LogP contribution in [0.2, 0.25) is 0 Å². The van der Waals surface area contributed by atoms with Crippen LogP contribution in [0.15, 0.2) is 186 Å². The molecule has 0 aliphatic heterocycles. The van der Waals surface area contributed by atoms with Crippen LogP contribution >= 0.6 is 0 Å².